The summed E-state index contributed by atoms with van der Waals surface area (Å²) in [6.07, 6.45) is 1.42. The second-order valence-corrected chi connectivity index (χ2v) is 2.66. The first-order valence-electron chi connectivity index (χ1n) is 3.72. The van der Waals surface area contributed by atoms with E-state index in [1.165, 1.54) is 18.3 Å². The van der Waals surface area contributed by atoms with E-state index in [1.807, 2.05) is 0 Å². The molecule has 78 valence electrons. The van der Waals surface area contributed by atoms with Crippen molar-refractivity contribution in [1.29, 1.82) is 0 Å². The number of aromatic nitrogens is 1. The van der Waals surface area contributed by atoms with Crippen LogP contribution in [0.3, 0.4) is 0 Å². The first-order valence-corrected chi connectivity index (χ1v) is 3.72. The predicted molar refractivity (Wildman–Crippen MR) is 55.6 cm³/mol. The Hall–Kier alpha value is -1.27. The first-order chi connectivity index (χ1) is 6.09. The molecule has 0 saturated heterocycles. The summed E-state index contributed by atoms with van der Waals surface area (Å²) in [5.74, 6) is -1.01. The van der Waals surface area contributed by atoms with Crippen molar-refractivity contribution in [3.8, 4) is 5.75 Å². The molecule has 0 fully saturated rings. The van der Waals surface area contributed by atoms with Crippen LogP contribution < -0.4 is 5.73 Å². The molecule has 4 N–H and O–H groups in total. The Labute approximate surface area is 88.0 Å². The monoisotopic (exact) mass is 216 g/mol. The number of carboxylic acid groups (broad SMARTS) is 1. The zero-order valence-corrected chi connectivity index (χ0v) is 8.34. The Morgan fingerprint density at radius 3 is 2.64 bits per heavy atom. The lowest BCUT2D eigenvalue weighted by atomic mass is 10.1. The minimum Gasteiger partial charge on any atom is -0.506 e. The molecule has 0 spiro atoms. The summed E-state index contributed by atoms with van der Waals surface area (Å²) in [6, 6.07) is 2.03. The van der Waals surface area contributed by atoms with Gasteiger partial charge in [0.05, 0.1) is 6.20 Å². The third-order valence-corrected chi connectivity index (χ3v) is 1.56. The summed E-state index contributed by atoms with van der Waals surface area (Å²) < 4.78 is 0. The number of aromatic hydroxyl groups is 1. The largest absolute Gasteiger partial charge is 0.506 e. The van der Waals surface area contributed by atoms with Crippen molar-refractivity contribution in [3.63, 3.8) is 0 Å². The highest BCUT2D eigenvalue weighted by Crippen LogP contribution is 2.06. The fourth-order valence-corrected chi connectivity index (χ4v) is 0.850. The molecule has 1 unspecified atom stereocenters. The van der Waals surface area contributed by atoms with Gasteiger partial charge in [-0.15, -0.1) is 0 Å². The van der Waals surface area contributed by atoms with Crippen LogP contribution in [0.5, 0.6) is 5.75 Å². The highest BCUT2D eigenvalue weighted by Gasteiger charge is 2.12. The molecule has 0 aromatic carbocycles. The number of aliphatic carboxylic acids is 1. The van der Waals surface area contributed by atoms with Crippen molar-refractivity contribution < 1.29 is 15.0 Å². The summed E-state index contributed by atoms with van der Waals surface area (Å²) in [5.41, 5.74) is 5.83. The van der Waals surface area contributed by atoms with Gasteiger partial charge in [-0.2, -0.15) is 13.5 Å². The van der Waals surface area contributed by atoms with Gasteiger partial charge in [-0.1, -0.05) is 0 Å². The van der Waals surface area contributed by atoms with E-state index in [1.54, 1.807) is 0 Å². The summed E-state index contributed by atoms with van der Waals surface area (Å²) in [6.45, 7) is 0. The molecule has 0 bridgehead atoms. The van der Waals surface area contributed by atoms with Gasteiger partial charge < -0.3 is 15.9 Å². The summed E-state index contributed by atoms with van der Waals surface area (Å²) in [5, 5.41) is 17.4. The highest BCUT2D eigenvalue weighted by atomic mass is 32.1. The molecular formula is C8H12N2O3S. The normalized spacial score (nSPS) is 11.5. The van der Waals surface area contributed by atoms with E-state index in [0.29, 0.717) is 5.69 Å². The molecule has 0 amide bonds. The fourth-order valence-electron chi connectivity index (χ4n) is 0.850. The van der Waals surface area contributed by atoms with Crippen LogP contribution in [0.1, 0.15) is 5.69 Å². The zero-order valence-electron chi connectivity index (χ0n) is 7.34. The predicted octanol–water partition coefficient (Wildman–Crippen LogP) is -0.146. The van der Waals surface area contributed by atoms with Gasteiger partial charge in [-0.25, -0.2) is 0 Å². The lowest BCUT2D eigenvalue weighted by Gasteiger charge is -2.04. The van der Waals surface area contributed by atoms with Gasteiger partial charge in [0, 0.05) is 12.1 Å². The molecule has 0 aliphatic heterocycles. The number of hydrogen-bond acceptors (Lipinski definition) is 4. The maximum absolute atomic E-state index is 10.4. The van der Waals surface area contributed by atoms with Gasteiger partial charge in [0.25, 0.3) is 0 Å². The van der Waals surface area contributed by atoms with Gasteiger partial charge in [-0.3, -0.25) is 9.78 Å². The number of nitrogens with zero attached hydrogens (tertiary/aromatic N) is 1. The van der Waals surface area contributed by atoms with E-state index in [2.05, 4.69) is 4.98 Å². The number of rotatable bonds is 3. The lowest BCUT2D eigenvalue weighted by molar-refractivity contribution is -0.138. The number of hydrogen-bond donors (Lipinski definition) is 3. The lowest BCUT2D eigenvalue weighted by Crippen LogP contribution is -2.32. The quantitative estimate of drug-likeness (QED) is 0.653. The Balaban J connectivity index is 0.00000169. The molecule has 1 aromatic heterocycles. The van der Waals surface area contributed by atoms with Gasteiger partial charge in [-0.05, 0) is 12.1 Å². The fraction of sp³-hybridized carbons (Fsp3) is 0.250. The number of nitrogens with two attached hydrogens (primary N) is 1. The minimum atomic E-state index is -1.06. The van der Waals surface area contributed by atoms with Gasteiger partial charge >= 0.3 is 5.97 Å². The van der Waals surface area contributed by atoms with Crippen LogP contribution in [-0.2, 0) is 11.2 Å². The molecule has 0 saturated carbocycles. The molecule has 1 aromatic rings. The van der Waals surface area contributed by atoms with Crippen molar-refractivity contribution >= 4 is 19.5 Å². The van der Waals surface area contributed by atoms with Crippen LogP contribution in [0.15, 0.2) is 18.3 Å². The van der Waals surface area contributed by atoms with E-state index in [-0.39, 0.29) is 25.7 Å². The van der Waals surface area contributed by atoms with Gasteiger partial charge in [0.15, 0.2) is 0 Å². The zero-order chi connectivity index (χ0) is 9.84. The maximum atomic E-state index is 10.4. The third kappa shape index (κ3) is 3.63. The smallest absolute Gasteiger partial charge is 0.320 e. The highest BCUT2D eigenvalue weighted by molar-refractivity contribution is 7.59. The van der Waals surface area contributed by atoms with E-state index in [9.17, 15) is 4.79 Å². The third-order valence-electron chi connectivity index (χ3n) is 1.56. The average molecular weight is 216 g/mol. The summed E-state index contributed by atoms with van der Waals surface area (Å²) in [4.78, 5) is 14.2. The Kier molecular flexibility index (Phi) is 4.96. The topological polar surface area (TPSA) is 96.4 Å². The second kappa shape index (κ2) is 5.46. The first kappa shape index (κ1) is 12.7. The number of carbonyl (C=O) groups is 1. The average Bonchev–Trinajstić information content (AvgIpc) is 2.08. The minimum absolute atomic E-state index is 0. The van der Waals surface area contributed by atoms with Crippen molar-refractivity contribution in [2.24, 2.45) is 5.73 Å². The molecular weight excluding hydrogens is 204 g/mol. The van der Waals surface area contributed by atoms with Crippen LogP contribution in [0.4, 0.5) is 0 Å². The van der Waals surface area contributed by atoms with Crippen molar-refractivity contribution in [3.05, 3.63) is 24.0 Å². The molecule has 14 heavy (non-hydrogen) atoms. The van der Waals surface area contributed by atoms with E-state index in [0.717, 1.165) is 0 Å². The summed E-state index contributed by atoms with van der Waals surface area (Å²) >= 11 is 0. The van der Waals surface area contributed by atoms with Crippen LogP contribution >= 0.6 is 13.5 Å². The Morgan fingerprint density at radius 1 is 1.57 bits per heavy atom. The molecule has 1 atom stereocenters. The van der Waals surface area contributed by atoms with Crippen LogP contribution in [-0.4, -0.2) is 27.2 Å². The molecule has 5 nitrogen and oxygen atoms in total. The van der Waals surface area contributed by atoms with Crippen molar-refractivity contribution in [2.75, 3.05) is 0 Å². The molecule has 0 aliphatic carbocycles. The molecule has 0 aliphatic rings. The Bertz CT molecular complexity index is 302. The van der Waals surface area contributed by atoms with Crippen molar-refractivity contribution in [1.82, 2.24) is 4.98 Å². The van der Waals surface area contributed by atoms with Gasteiger partial charge in [0.1, 0.15) is 11.8 Å². The maximum Gasteiger partial charge on any atom is 0.320 e. The number of carboxylic acids is 1. The molecule has 0 radical (unpaired) electrons. The van der Waals surface area contributed by atoms with Crippen LogP contribution in [0.2, 0.25) is 0 Å². The molecule has 1 heterocycles. The summed E-state index contributed by atoms with van der Waals surface area (Å²) in [7, 11) is 0. The van der Waals surface area contributed by atoms with Crippen LogP contribution in [0, 0.1) is 0 Å². The van der Waals surface area contributed by atoms with Gasteiger partial charge in [0.2, 0.25) is 0 Å². The number of pyridine rings is 1. The SMILES string of the molecule is NC(Cc1ccc(O)cn1)C(=O)O.S. The van der Waals surface area contributed by atoms with E-state index in [4.69, 9.17) is 15.9 Å². The second-order valence-electron chi connectivity index (χ2n) is 2.66. The molecule has 6 heteroatoms. The van der Waals surface area contributed by atoms with E-state index >= 15 is 0 Å². The van der Waals surface area contributed by atoms with Crippen LogP contribution in [0.25, 0.3) is 0 Å². The van der Waals surface area contributed by atoms with E-state index < -0.39 is 12.0 Å². The molecule has 1 rings (SSSR count). The Morgan fingerprint density at radius 2 is 2.21 bits per heavy atom. The van der Waals surface area contributed by atoms with Crippen molar-refractivity contribution in [2.45, 2.75) is 12.5 Å². The standard InChI is InChI=1S/C8H10N2O3.H2S/c9-7(8(12)13)3-5-1-2-6(11)4-10-5;/h1-2,4,7,11H,3,9H2,(H,12,13);1H2.